The molecule has 1 amide bonds. The molecule has 0 unspecified atom stereocenters. The third-order valence-corrected chi connectivity index (χ3v) is 7.27. The van der Waals surface area contributed by atoms with Crippen LogP contribution >= 0.6 is 34.9 Å². The van der Waals surface area contributed by atoms with Gasteiger partial charge in [0.15, 0.2) is 8.68 Å². The van der Waals surface area contributed by atoms with Crippen LogP contribution in [0.5, 0.6) is 0 Å². The Labute approximate surface area is 189 Å². The van der Waals surface area contributed by atoms with Crippen LogP contribution < -0.4 is 10.3 Å². The van der Waals surface area contributed by atoms with E-state index in [1.54, 1.807) is 18.0 Å². The number of carbonyl (C=O) groups excluding carboxylic acids is 1. The van der Waals surface area contributed by atoms with E-state index in [-0.39, 0.29) is 11.7 Å². The largest absolute Gasteiger partial charge is 0.378 e. The Morgan fingerprint density at radius 2 is 1.73 bits per heavy atom. The minimum absolute atomic E-state index is 0.176. The summed E-state index contributed by atoms with van der Waals surface area (Å²) in [7, 11) is 3.98. The minimum Gasteiger partial charge on any atom is -0.378 e. The highest BCUT2D eigenvalue weighted by molar-refractivity contribution is 8.03. The number of amides is 1. The number of anilines is 1. The molecule has 6 nitrogen and oxygen atoms in total. The van der Waals surface area contributed by atoms with Crippen molar-refractivity contribution >= 4 is 52.7 Å². The maximum Gasteiger partial charge on any atom is 0.250 e. The molecule has 0 bridgehead atoms. The second kappa shape index (κ2) is 11.1. The van der Waals surface area contributed by atoms with Gasteiger partial charge in [-0.25, -0.2) is 5.43 Å². The lowest BCUT2D eigenvalue weighted by Crippen LogP contribution is -2.19. The zero-order chi connectivity index (χ0) is 21.3. The molecule has 1 N–H and O–H groups in total. The molecule has 2 aromatic carbocycles. The fourth-order valence-corrected chi connectivity index (χ4v) is 5.11. The molecule has 9 heteroatoms. The van der Waals surface area contributed by atoms with Gasteiger partial charge >= 0.3 is 0 Å². The van der Waals surface area contributed by atoms with Crippen molar-refractivity contribution in [3.63, 3.8) is 0 Å². The van der Waals surface area contributed by atoms with Crippen LogP contribution in [0.25, 0.3) is 0 Å². The molecule has 0 saturated carbocycles. The lowest BCUT2D eigenvalue weighted by Gasteiger charge is -2.11. The van der Waals surface area contributed by atoms with Gasteiger partial charge in [0, 0.05) is 25.5 Å². The van der Waals surface area contributed by atoms with E-state index in [1.807, 2.05) is 43.3 Å². The number of aryl methyl sites for hydroxylation is 1. The van der Waals surface area contributed by atoms with Gasteiger partial charge in [-0.05, 0) is 30.2 Å². The van der Waals surface area contributed by atoms with Crippen LogP contribution in [0.15, 0.2) is 62.3 Å². The molecule has 1 aromatic heterocycles. The summed E-state index contributed by atoms with van der Waals surface area (Å²) in [6.45, 7) is 2.08. The van der Waals surface area contributed by atoms with E-state index in [0.29, 0.717) is 0 Å². The number of benzene rings is 2. The third-order valence-electron chi connectivity index (χ3n) is 4.01. The summed E-state index contributed by atoms with van der Waals surface area (Å²) in [4.78, 5) is 14.0. The molecule has 0 fully saturated rings. The summed E-state index contributed by atoms with van der Waals surface area (Å²) in [5.74, 6) is 0.920. The highest BCUT2D eigenvalue weighted by Gasteiger charge is 2.08. The Morgan fingerprint density at radius 3 is 2.40 bits per heavy atom. The summed E-state index contributed by atoms with van der Waals surface area (Å²) >= 11 is 4.52. The number of hydrogen-bond acceptors (Lipinski definition) is 8. The summed E-state index contributed by atoms with van der Waals surface area (Å²) in [6.07, 6.45) is 1.63. The van der Waals surface area contributed by atoms with Gasteiger partial charge in [0.1, 0.15) is 0 Å². The molecule has 0 saturated heterocycles. The molecule has 30 heavy (non-hydrogen) atoms. The summed E-state index contributed by atoms with van der Waals surface area (Å²) in [5, 5.41) is 12.4. The normalized spacial score (nSPS) is 11.0. The number of hydrazone groups is 1. The first-order valence-electron chi connectivity index (χ1n) is 9.23. The number of rotatable bonds is 9. The average Bonchev–Trinajstić information content (AvgIpc) is 3.20. The molecule has 0 atom stereocenters. The standard InChI is InChI=1S/C21H23N5OS3/c1-15-4-6-17(7-5-15)13-28-20-24-25-21(30-20)29-14-19(27)23-22-12-16-8-10-18(11-9-16)26(2)3/h4-12H,13-14H2,1-3H3,(H,23,27). The van der Waals surface area contributed by atoms with Crippen LogP contribution in [-0.2, 0) is 10.5 Å². The number of nitrogens with one attached hydrogen (secondary N) is 1. The monoisotopic (exact) mass is 457 g/mol. The second-order valence-electron chi connectivity index (χ2n) is 6.68. The average molecular weight is 458 g/mol. The van der Waals surface area contributed by atoms with Gasteiger partial charge in [0.05, 0.1) is 12.0 Å². The molecule has 0 radical (unpaired) electrons. The Hall–Kier alpha value is -2.36. The Balaban J connectivity index is 1.39. The van der Waals surface area contributed by atoms with Crippen molar-refractivity contribution in [2.45, 2.75) is 21.4 Å². The van der Waals surface area contributed by atoms with E-state index < -0.39 is 0 Å². The predicted molar refractivity (Wildman–Crippen MR) is 128 cm³/mol. The van der Waals surface area contributed by atoms with Gasteiger partial charge in [-0.1, -0.05) is 76.8 Å². The first-order chi connectivity index (χ1) is 14.5. The molecule has 3 rings (SSSR count). The Kier molecular flexibility index (Phi) is 8.30. The van der Waals surface area contributed by atoms with Gasteiger partial charge in [-0.3, -0.25) is 4.79 Å². The van der Waals surface area contributed by atoms with Crippen LogP contribution in [0.1, 0.15) is 16.7 Å². The molecule has 0 aliphatic heterocycles. The quantitative estimate of drug-likeness (QED) is 0.291. The number of hydrogen-bond donors (Lipinski definition) is 1. The van der Waals surface area contributed by atoms with Gasteiger partial charge in [0.25, 0.3) is 5.91 Å². The zero-order valence-corrected chi connectivity index (χ0v) is 19.5. The van der Waals surface area contributed by atoms with Gasteiger partial charge in [-0.2, -0.15) is 5.10 Å². The van der Waals surface area contributed by atoms with Gasteiger partial charge < -0.3 is 4.90 Å². The fraction of sp³-hybridized carbons (Fsp3) is 0.238. The van der Waals surface area contributed by atoms with Gasteiger partial charge in [0.2, 0.25) is 0 Å². The van der Waals surface area contributed by atoms with Crippen molar-refractivity contribution in [3.8, 4) is 0 Å². The maximum atomic E-state index is 12.0. The number of thioether (sulfide) groups is 2. The van der Waals surface area contributed by atoms with Crippen molar-refractivity contribution < 1.29 is 4.79 Å². The summed E-state index contributed by atoms with van der Waals surface area (Å²) in [5.41, 5.74) is 7.09. The molecule has 3 aromatic rings. The lowest BCUT2D eigenvalue weighted by molar-refractivity contribution is -0.118. The molecule has 156 valence electrons. The first kappa shape index (κ1) is 22.3. The SMILES string of the molecule is Cc1ccc(CSc2nnc(SCC(=O)NN=Cc3ccc(N(C)C)cc3)s2)cc1. The molecule has 0 aliphatic rings. The van der Waals surface area contributed by atoms with Crippen LogP contribution in [0.4, 0.5) is 5.69 Å². The number of carbonyl (C=O) groups is 1. The predicted octanol–water partition coefficient (Wildman–Crippen LogP) is 4.45. The van der Waals surface area contributed by atoms with Crippen molar-refractivity contribution in [1.29, 1.82) is 0 Å². The van der Waals surface area contributed by atoms with E-state index in [1.165, 1.54) is 34.2 Å². The highest BCUT2D eigenvalue weighted by Crippen LogP contribution is 2.30. The topological polar surface area (TPSA) is 70.5 Å². The highest BCUT2D eigenvalue weighted by atomic mass is 32.2. The van der Waals surface area contributed by atoms with E-state index >= 15 is 0 Å². The molecule has 1 heterocycles. The second-order valence-corrected chi connectivity index (χ2v) is 10.1. The maximum absolute atomic E-state index is 12.0. The molecule has 0 aliphatic carbocycles. The number of aromatic nitrogens is 2. The van der Waals surface area contributed by atoms with Crippen molar-refractivity contribution in [3.05, 3.63) is 65.2 Å². The van der Waals surface area contributed by atoms with E-state index in [0.717, 1.165) is 25.7 Å². The number of nitrogens with zero attached hydrogens (tertiary/aromatic N) is 4. The van der Waals surface area contributed by atoms with Crippen molar-refractivity contribution in [2.24, 2.45) is 5.10 Å². The lowest BCUT2D eigenvalue weighted by atomic mass is 10.2. The third kappa shape index (κ3) is 7.16. The van der Waals surface area contributed by atoms with E-state index in [2.05, 4.69) is 51.9 Å². The Morgan fingerprint density at radius 1 is 1.07 bits per heavy atom. The van der Waals surface area contributed by atoms with Crippen LogP contribution in [0.3, 0.4) is 0 Å². The zero-order valence-electron chi connectivity index (χ0n) is 17.0. The van der Waals surface area contributed by atoms with Gasteiger partial charge in [-0.15, -0.1) is 10.2 Å². The van der Waals surface area contributed by atoms with E-state index in [4.69, 9.17) is 0 Å². The van der Waals surface area contributed by atoms with Crippen LogP contribution in [0, 0.1) is 6.92 Å². The van der Waals surface area contributed by atoms with Crippen molar-refractivity contribution in [2.75, 3.05) is 24.7 Å². The fourth-order valence-electron chi connectivity index (χ4n) is 2.34. The molecular weight excluding hydrogens is 434 g/mol. The summed E-state index contributed by atoms with van der Waals surface area (Å²) in [6, 6.07) is 16.4. The molecule has 0 spiro atoms. The smallest absolute Gasteiger partial charge is 0.250 e. The summed E-state index contributed by atoms with van der Waals surface area (Å²) < 4.78 is 1.68. The van der Waals surface area contributed by atoms with Crippen molar-refractivity contribution in [1.82, 2.24) is 15.6 Å². The first-order valence-corrected chi connectivity index (χ1v) is 12.0. The molecular formula is C21H23N5OS3. The van der Waals surface area contributed by atoms with Crippen LogP contribution in [0.2, 0.25) is 0 Å². The van der Waals surface area contributed by atoms with Crippen LogP contribution in [-0.4, -0.2) is 42.2 Å². The Bertz CT molecular complexity index is 985. The van der Waals surface area contributed by atoms with E-state index in [9.17, 15) is 4.79 Å². The minimum atomic E-state index is -0.176.